The molecule has 1 amide bonds. The molecule has 31 heavy (non-hydrogen) atoms. The van der Waals surface area contributed by atoms with Crippen LogP contribution in [0.15, 0.2) is 59.2 Å². The summed E-state index contributed by atoms with van der Waals surface area (Å²) < 4.78 is 21.2. The number of carbonyl (C=O) groups excluding carboxylic acids is 1. The van der Waals surface area contributed by atoms with Gasteiger partial charge < -0.3 is 15.2 Å². The van der Waals surface area contributed by atoms with Gasteiger partial charge in [-0.2, -0.15) is 4.68 Å². The number of amides is 1. The van der Waals surface area contributed by atoms with E-state index in [9.17, 15) is 19.1 Å². The van der Waals surface area contributed by atoms with Gasteiger partial charge in [-0.15, -0.1) is 5.10 Å². The van der Waals surface area contributed by atoms with Crippen LogP contribution in [0, 0.1) is 5.82 Å². The molecule has 0 spiro atoms. The van der Waals surface area contributed by atoms with Crippen molar-refractivity contribution < 1.29 is 23.8 Å². The lowest BCUT2D eigenvalue weighted by molar-refractivity contribution is 0.102. The van der Waals surface area contributed by atoms with E-state index >= 15 is 0 Å². The fourth-order valence-electron chi connectivity index (χ4n) is 3.12. The van der Waals surface area contributed by atoms with Crippen LogP contribution in [0.1, 0.15) is 10.4 Å². The molecule has 2 aromatic carbocycles. The monoisotopic (exact) mass is 484 g/mol. The summed E-state index contributed by atoms with van der Waals surface area (Å²) in [7, 11) is 1.41. The molecule has 0 saturated carbocycles. The standard InChI is InChI=1S/C21H14BrFN4O4/c1-31-17-7-3-6-14(23)18(17)15-9-13-16(10-24-15)27(21(29)30)26-19(13)25-20(28)11-4-2-5-12(22)8-11/h2-10H,1H3,(H,29,30)(H,25,26,28). The van der Waals surface area contributed by atoms with Gasteiger partial charge in [0.1, 0.15) is 17.1 Å². The molecule has 4 rings (SSSR count). The van der Waals surface area contributed by atoms with Crippen LogP contribution in [0.2, 0.25) is 0 Å². The number of ether oxygens (including phenoxy) is 1. The van der Waals surface area contributed by atoms with E-state index in [0.29, 0.717) is 14.7 Å². The second-order valence-corrected chi connectivity index (χ2v) is 7.33. The fourth-order valence-corrected chi connectivity index (χ4v) is 3.52. The van der Waals surface area contributed by atoms with Crippen molar-refractivity contribution in [3.05, 3.63) is 70.6 Å². The first-order valence-electron chi connectivity index (χ1n) is 8.91. The van der Waals surface area contributed by atoms with Crippen molar-refractivity contribution in [2.45, 2.75) is 0 Å². The number of nitrogens with one attached hydrogen (secondary N) is 1. The number of nitrogens with zero attached hydrogens (tertiary/aromatic N) is 3. The molecule has 0 aliphatic rings. The molecule has 2 aromatic heterocycles. The predicted molar refractivity (Wildman–Crippen MR) is 115 cm³/mol. The Balaban J connectivity index is 1.85. The van der Waals surface area contributed by atoms with Crippen LogP contribution in [0.25, 0.3) is 22.2 Å². The Kier molecular flexibility index (Phi) is 5.38. The molecule has 8 nitrogen and oxygen atoms in total. The summed E-state index contributed by atoms with van der Waals surface area (Å²) in [5, 5.41) is 16.4. The molecule has 2 heterocycles. The molecule has 0 aliphatic carbocycles. The molecule has 0 unspecified atom stereocenters. The summed E-state index contributed by atoms with van der Waals surface area (Å²) in [6.07, 6.45) is -0.0992. The number of halogens is 2. The molecule has 0 atom stereocenters. The number of anilines is 1. The lowest BCUT2D eigenvalue weighted by Crippen LogP contribution is -2.14. The molecule has 10 heteroatoms. The maximum absolute atomic E-state index is 14.5. The molecule has 2 N–H and O–H groups in total. The number of rotatable bonds is 4. The minimum absolute atomic E-state index is 0.00123. The maximum Gasteiger partial charge on any atom is 0.432 e. The van der Waals surface area contributed by atoms with Gasteiger partial charge in [-0.25, -0.2) is 9.18 Å². The Labute approximate surface area is 183 Å². The Bertz CT molecular complexity index is 1340. The van der Waals surface area contributed by atoms with Gasteiger partial charge in [-0.05, 0) is 36.4 Å². The fraction of sp³-hybridized carbons (Fsp3) is 0.0476. The van der Waals surface area contributed by atoms with E-state index in [1.165, 1.54) is 31.5 Å². The smallest absolute Gasteiger partial charge is 0.432 e. The average Bonchev–Trinajstić information content (AvgIpc) is 3.11. The third kappa shape index (κ3) is 3.84. The van der Waals surface area contributed by atoms with Gasteiger partial charge in [0.05, 0.1) is 24.6 Å². The molecule has 156 valence electrons. The van der Waals surface area contributed by atoms with E-state index in [2.05, 4.69) is 31.3 Å². The Morgan fingerprint density at radius 2 is 1.97 bits per heavy atom. The van der Waals surface area contributed by atoms with E-state index in [1.807, 2.05) is 0 Å². The minimum Gasteiger partial charge on any atom is -0.496 e. The zero-order chi connectivity index (χ0) is 22.1. The summed E-state index contributed by atoms with van der Waals surface area (Å²) >= 11 is 3.30. The van der Waals surface area contributed by atoms with Crippen molar-refractivity contribution in [1.82, 2.24) is 14.8 Å². The molecule has 0 radical (unpaired) electrons. The summed E-state index contributed by atoms with van der Waals surface area (Å²) in [4.78, 5) is 28.5. The summed E-state index contributed by atoms with van der Waals surface area (Å²) in [6, 6.07) is 12.5. The second kappa shape index (κ2) is 8.15. The van der Waals surface area contributed by atoms with Gasteiger partial charge in [0.2, 0.25) is 0 Å². The van der Waals surface area contributed by atoms with Gasteiger partial charge >= 0.3 is 6.09 Å². The first kappa shape index (κ1) is 20.5. The number of hydrogen-bond acceptors (Lipinski definition) is 5. The molecule has 0 fully saturated rings. The summed E-state index contributed by atoms with van der Waals surface area (Å²) in [5.74, 6) is -0.782. The topological polar surface area (TPSA) is 106 Å². The quantitative estimate of drug-likeness (QED) is 0.431. The Morgan fingerprint density at radius 1 is 1.19 bits per heavy atom. The van der Waals surface area contributed by atoms with Crippen molar-refractivity contribution in [2.75, 3.05) is 12.4 Å². The second-order valence-electron chi connectivity index (χ2n) is 6.41. The van der Waals surface area contributed by atoms with Gasteiger partial charge in [0.25, 0.3) is 5.91 Å². The first-order valence-corrected chi connectivity index (χ1v) is 9.70. The predicted octanol–water partition coefficient (Wildman–Crippen LogP) is 4.79. The van der Waals surface area contributed by atoms with Gasteiger partial charge in [0, 0.05) is 15.4 Å². The lowest BCUT2D eigenvalue weighted by atomic mass is 10.1. The van der Waals surface area contributed by atoms with Crippen molar-refractivity contribution in [3.8, 4) is 17.0 Å². The summed E-state index contributed by atoms with van der Waals surface area (Å²) in [6.45, 7) is 0. The number of pyridine rings is 1. The Hall–Kier alpha value is -3.79. The van der Waals surface area contributed by atoms with E-state index in [0.717, 1.165) is 0 Å². The highest BCUT2D eigenvalue weighted by Crippen LogP contribution is 2.34. The number of methoxy groups -OCH3 is 1. The number of carboxylic acid groups (broad SMARTS) is 1. The van der Waals surface area contributed by atoms with E-state index < -0.39 is 17.8 Å². The third-order valence-corrected chi connectivity index (χ3v) is 5.01. The SMILES string of the molecule is COc1cccc(F)c1-c1cc2c(NC(=O)c3cccc(Br)c3)nn(C(=O)O)c2cn1. The third-order valence-electron chi connectivity index (χ3n) is 4.52. The molecular weight excluding hydrogens is 471 g/mol. The summed E-state index contributed by atoms with van der Waals surface area (Å²) in [5.41, 5.74) is 0.790. The van der Waals surface area contributed by atoms with Crippen LogP contribution < -0.4 is 10.1 Å². The lowest BCUT2D eigenvalue weighted by Gasteiger charge is -2.09. The van der Waals surface area contributed by atoms with E-state index in [-0.39, 0.29) is 33.7 Å². The number of hydrogen-bond donors (Lipinski definition) is 2. The molecular formula is C21H14BrFN4O4. The number of fused-ring (bicyclic) bond motifs is 1. The average molecular weight is 485 g/mol. The first-order chi connectivity index (χ1) is 14.9. The Morgan fingerprint density at radius 3 is 2.68 bits per heavy atom. The van der Waals surface area contributed by atoms with Gasteiger partial charge in [-0.3, -0.25) is 9.78 Å². The number of aromatic nitrogens is 3. The van der Waals surface area contributed by atoms with Crippen LogP contribution in [0.5, 0.6) is 5.75 Å². The van der Waals surface area contributed by atoms with Gasteiger partial charge in [-0.1, -0.05) is 28.1 Å². The van der Waals surface area contributed by atoms with E-state index in [1.54, 1.807) is 30.3 Å². The van der Waals surface area contributed by atoms with Gasteiger partial charge in [0.15, 0.2) is 5.82 Å². The number of carbonyl (C=O) groups is 2. The maximum atomic E-state index is 14.5. The van der Waals surface area contributed by atoms with Crippen LogP contribution in [0.4, 0.5) is 15.0 Å². The molecule has 0 aliphatic heterocycles. The van der Waals surface area contributed by atoms with Crippen molar-refractivity contribution >= 4 is 44.7 Å². The van der Waals surface area contributed by atoms with E-state index in [4.69, 9.17) is 4.74 Å². The van der Waals surface area contributed by atoms with Crippen LogP contribution >= 0.6 is 15.9 Å². The zero-order valence-electron chi connectivity index (χ0n) is 16.0. The molecule has 4 aromatic rings. The molecule has 0 saturated heterocycles. The van der Waals surface area contributed by atoms with Crippen molar-refractivity contribution in [3.63, 3.8) is 0 Å². The molecule has 0 bridgehead atoms. The number of benzene rings is 2. The minimum atomic E-state index is -1.36. The highest BCUT2D eigenvalue weighted by molar-refractivity contribution is 9.10. The van der Waals surface area contributed by atoms with Crippen LogP contribution in [-0.4, -0.2) is 39.0 Å². The van der Waals surface area contributed by atoms with Crippen molar-refractivity contribution in [2.24, 2.45) is 0 Å². The van der Waals surface area contributed by atoms with Crippen LogP contribution in [-0.2, 0) is 0 Å². The van der Waals surface area contributed by atoms with Crippen LogP contribution in [0.3, 0.4) is 0 Å². The highest BCUT2D eigenvalue weighted by atomic mass is 79.9. The highest BCUT2D eigenvalue weighted by Gasteiger charge is 2.21. The largest absolute Gasteiger partial charge is 0.496 e. The zero-order valence-corrected chi connectivity index (χ0v) is 17.6. The van der Waals surface area contributed by atoms with Crippen molar-refractivity contribution in [1.29, 1.82) is 0 Å². The normalized spacial score (nSPS) is 10.8.